The van der Waals surface area contributed by atoms with Crippen LogP contribution in [0.5, 0.6) is 0 Å². The third-order valence-corrected chi connectivity index (χ3v) is 9.07. The molecule has 0 heterocycles. The normalized spacial score (nSPS) is 11.5. The molecule has 0 aliphatic heterocycles. The first-order valence-electron chi connectivity index (χ1n) is 19.8. The van der Waals surface area contributed by atoms with Crippen molar-refractivity contribution in [3.05, 3.63) is 0 Å². The van der Waals surface area contributed by atoms with Gasteiger partial charge in [0, 0.05) is 19.4 Å². The van der Waals surface area contributed by atoms with Gasteiger partial charge in [-0.1, -0.05) is 168 Å². The number of rotatable bonds is 35. The van der Waals surface area contributed by atoms with E-state index in [1.165, 1.54) is 128 Å². The second kappa shape index (κ2) is 38.0. The van der Waals surface area contributed by atoms with Crippen molar-refractivity contribution in [2.24, 2.45) is 0 Å². The summed E-state index contributed by atoms with van der Waals surface area (Å²) in [6.45, 7) is 5.23. The summed E-state index contributed by atoms with van der Waals surface area (Å²) in [6, 6.07) is 0. The molecule has 49 heavy (non-hydrogen) atoms. The molecule has 0 unspecified atom stereocenters. The average molecular weight is 724 g/mol. The summed E-state index contributed by atoms with van der Waals surface area (Å²) in [5.41, 5.74) is 0. The number of carbonyl (C=O) groups is 2. The van der Waals surface area contributed by atoms with Crippen LogP contribution in [-0.4, -0.2) is 75.1 Å². The number of ether oxygens (including phenoxy) is 2. The van der Waals surface area contributed by atoms with Crippen LogP contribution in [0.25, 0.3) is 0 Å². The van der Waals surface area contributed by atoms with E-state index in [0.717, 1.165) is 45.6 Å². The molecule has 2 N–H and O–H groups in total. The molecule has 0 spiro atoms. The molecule has 0 amide bonds. The highest BCUT2D eigenvalue weighted by Crippen LogP contribution is 2.15. The van der Waals surface area contributed by atoms with Crippen LogP contribution in [0.15, 0.2) is 0 Å². The molecule has 10 nitrogen and oxygen atoms in total. The Hall–Kier alpha value is -1.27. The standard InChI is InChI=1S/C37H73NO5.CH4O4S/c1-4-6-8-10-12-14-16-18-20-22-24-26-28-30-35(40)42-37(34-38(3)32-33-39)43-36(41)31-29-27-25-23-21-19-17-15-13-11-9-7-5-2;1-5-6(2,3)4/h37,39H,4-34H2,1-3H3;1H3,(H,2,3,4). The Bertz CT molecular complexity index is 782. The summed E-state index contributed by atoms with van der Waals surface area (Å²) in [7, 11) is -1.47. The molecule has 0 aliphatic carbocycles. The summed E-state index contributed by atoms with van der Waals surface area (Å²) >= 11 is 0. The fourth-order valence-corrected chi connectivity index (χ4v) is 5.60. The smallest absolute Gasteiger partial charge is 0.397 e. The van der Waals surface area contributed by atoms with Crippen molar-refractivity contribution < 1.29 is 41.3 Å². The Balaban J connectivity index is 0. The maximum Gasteiger partial charge on any atom is 0.397 e. The summed E-state index contributed by atoms with van der Waals surface area (Å²) < 4.78 is 40.8. The van der Waals surface area contributed by atoms with Crippen molar-refractivity contribution in [3.63, 3.8) is 0 Å². The average Bonchev–Trinajstić information content (AvgIpc) is 3.05. The third-order valence-electron chi connectivity index (χ3n) is 8.65. The van der Waals surface area contributed by atoms with E-state index in [9.17, 15) is 23.1 Å². The largest absolute Gasteiger partial charge is 0.424 e. The predicted octanol–water partition coefficient (Wildman–Crippen LogP) is 9.72. The highest BCUT2D eigenvalue weighted by atomic mass is 32.3. The van der Waals surface area contributed by atoms with E-state index in [-0.39, 0.29) is 25.1 Å². The van der Waals surface area contributed by atoms with Crippen LogP contribution >= 0.6 is 0 Å². The summed E-state index contributed by atoms with van der Waals surface area (Å²) in [6.07, 6.45) is 32.6. The minimum atomic E-state index is -4.16. The van der Waals surface area contributed by atoms with Crippen molar-refractivity contribution in [1.82, 2.24) is 4.90 Å². The number of carbonyl (C=O) groups excluding carboxylic acids is 2. The molecular formula is C38H77NO9S. The number of hydrogen-bond acceptors (Lipinski definition) is 9. The zero-order chi connectivity index (χ0) is 36.9. The SMILES string of the molecule is CCCCCCCCCCCCCCCC(=O)OC(CN(C)CCO)OC(=O)CCCCCCCCCCCCCCC.COS(=O)(=O)O. The van der Waals surface area contributed by atoms with E-state index >= 15 is 0 Å². The molecule has 0 saturated carbocycles. The molecule has 0 aromatic heterocycles. The number of nitrogens with zero attached hydrogens (tertiary/aromatic N) is 1. The minimum Gasteiger partial charge on any atom is -0.424 e. The summed E-state index contributed by atoms with van der Waals surface area (Å²) in [4.78, 5) is 26.8. The number of hydrogen-bond donors (Lipinski definition) is 2. The first-order valence-corrected chi connectivity index (χ1v) is 21.2. The van der Waals surface area contributed by atoms with E-state index in [4.69, 9.17) is 14.0 Å². The molecule has 0 aliphatic rings. The van der Waals surface area contributed by atoms with Gasteiger partial charge in [-0.15, -0.1) is 0 Å². The van der Waals surface area contributed by atoms with Gasteiger partial charge < -0.3 is 14.6 Å². The first kappa shape index (κ1) is 49.8. The third kappa shape index (κ3) is 42.8. The Morgan fingerprint density at radius 2 is 0.837 bits per heavy atom. The Kier molecular flexibility index (Phi) is 38.6. The van der Waals surface area contributed by atoms with Crippen LogP contribution in [0.4, 0.5) is 0 Å². The van der Waals surface area contributed by atoms with Gasteiger partial charge in [-0.25, -0.2) is 0 Å². The van der Waals surface area contributed by atoms with Crippen LogP contribution in [0.1, 0.15) is 194 Å². The molecule has 0 radical (unpaired) electrons. The van der Waals surface area contributed by atoms with Gasteiger partial charge in [0.1, 0.15) is 0 Å². The van der Waals surface area contributed by atoms with Gasteiger partial charge in [0.25, 0.3) is 6.29 Å². The second-order valence-electron chi connectivity index (χ2n) is 13.5. The van der Waals surface area contributed by atoms with Crippen LogP contribution in [0.2, 0.25) is 0 Å². The highest BCUT2D eigenvalue weighted by Gasteiger charge is 2.20. The van der Waals surface area contributed by atoms with Gasteiger partial charge in [0.05, 0.1) is 20.3 Å². The molecular weight excluding hydrogens is 646 g/mol. The number of aliphatic hydroxyl groups excluding tert-OH is 1. The van der Waals surface area contributed by atoms with Crippen molar-refractivity contribution in [2.45, 2.75) is 200 Å². The molecule has 0 fully saturated rings. The topological polar surface area (TPSA) is 140 Å². The minimum absolute atomic E-state index is 0.00301. The van der Waals surface area contributed by atoms with Gasteiger partial charge in [-0.2, -0.15) is 8.42 Å². The fraction of sp³-hybridized carbons (Fsp3) is 0.947. The highest BCUT2D eigenvalue weighted by molar-refractivity contribution is 7.80. The van der Waals surface area contributed by atoms with Crippen LogP contribution in [0, 0.1) is 0 Å². The zero-order valence-electron chi connectivity index (χ0n) is 32.1. The maximum absolute atomic E-state index is 12.5. The number of unbranched alkanes of at least 4 members (excludes halogenated alkanes) is 24. The molecule has 0 atom stereocenters. The van der Waals surface area contributed by atoms with Crippen molar-refractivity contribution >= 4 is 22.3 Å². The number of aliphatic hydroxyl groups is 1. The lowest BCUT2D eigenvalue weighted by molar-refractivity contribution is -0.190. The first-order chi connectivity index (χ1) is 23.6. The molecule has 0 bridgehead atoms. The van der Waals surface area contributed by atoms with Crippen LogP contribution in [0.3, 0.4) is 0 Å². The maximum atomic E-state index is 12.5. The lowest BCUT2D eigenvalue weighted by atomic mass is 10.0. The molecule has 294 valence electrons. The number of likely N-dealkylation sites (N-methyl/N-ethyl adjacent to an activating group) is 1. The Morgan fingerprint density at radius 3 is 1.08 bits per heavy atom. The summed E-state index contributed by atoms with van der Waals surface area (Å²) in [5.74, 6) is -0.613. The zero-order valence-corrected chi connectivity index (χ0v) is 32.9. The lowest BCUT2D eigenvalue weighted by Gasteiger charge is -2.23. The molecule has 0 saturated heterocycles. The van der Waals surface area contributed by atoms with E-state index in [0.29, 0.717) is 19.4 Å². The van der Waals surface area contributed by atoms with Gasteiger partial charge in [0.2, 0.25) is 0 Å². The lowest BCUT2D eigenvalue weighted by Crippen LogP contribution is -2.37. The Labute approximate surface area is 301 Å². The van der Waals surface area contributed by atoms with Gasteiger partial charge >= 0.3 is 22.3 Å². The number of esters is 2. The monoisotopic (exact) mass is 724 g/mol. The van der Waals surface area contributed by atoms with Crippen molar-refractivity contribution in [1.29, 1.82) is 0 Å². The van der Waals surface area contributed by atoms with Gasteiger partial charge in [0.15, 0.2) is 0 Å². The molecule has 0 aromatic carbocycles. The van der Waals surface area contributed by atoms with Gasteiger partial charge in [-0.3, -0.25) is 23.2 Å². The quantitative estimate of drug-likeness (QED) is 0.0281. The predicted molar refractivity (Wildman–Crippen MR) is 200 cm³/mol. The van der Waals surface area contributed by atoms with E-state index < -0.39 is 16.7 Å². The molecule has 11 heteroatoms. The summed E-state index contributed by atoms with van der Waals surface area (Å²) in [5, 5.41) is 9.23. The van der Waals surface area contributed by atoms with Crippen molar-refractivity contribution in [3.8, 4) is 0 Å². The fourth-order valence-electron chi connectivity index (χ4n) is 5.60. The van der Waals surface area contributed by atoms with E-state index in [1.807, 2.05) is 11.9 Å². The van der Waals surface area contributed by atoms with Crippen LogP contribution in [-0.2, 0) is 33.6 Å². The molecule has 0 rings (SSSR count). The van der Waals surface area contributed by atoms with Gasteiger partial charge in [-0.05, 0) is 19.9 Å². The van der Waals surface area contributed by atoms with Crippen molar-refractivity contribution in [2.75, 3.05) is 33.9 Å². The second-order valence-corrected chi connectivity index (χ2v) is 14.7. The Morgan fingerprint density at radius 1 is 0.571 bits per heavy atom. The van der Waals surface area contributed by atoms with E-state index in [2.05, 4.69) is 18.0 Å². The molecule has 0 aromatic rings. The van der Waals surface area contributed by atoms with Crippen LogP contribution < -0.4 is 0 Å². The van der Waals surface area contributed by atoms with E-state index in [1.54, 1.807) is 0 Å².